The van der Waals surface area contributed by atoms with Crippen LogP contribution in [0.25, 0.3) is 5.65 Å². The highest BCUT2D eigenvalue weighted by Crippen LogP contribution is 2.14. The van der Waals surface area contributed by atoms with E-state index in [1.807, 2.05) is 0 Å². The molecule has 3 heterocycles. The molecule has 1 amide bonds. The zero-order chi connectivity index (χ0) is 12.5. The van der Waals surface area contributed by atoms with Crippen LogP contribution in [0.5, 0.6) is 0 Å². The molecule has 0 aliphatic rings. The van der Waals surface area contributed by atoms with Gasteiger partial charge in [0.1, 0.15) is 12.1 Å². The number of fused-ring (bicyclic) bond motifs is 1. The summed E-state index contributed by atoms with van der Waals surface area (Å²) in [5, 5.41) is 14.1. The van der Waals surface area contributed by atoms with E-state index in [4.69, 9.17) is 4.52 Å². The quantitative estimate of drug-likeness (QED) is 0.732. The molecule has 7 nitrogen and oxygen atoms in total. The molecule has 0 aliphatic heterocycles. The maximum Gasteiger partial charge on any atom is 0.277 e. The summed E-state index contributed by atoms with van der Waals surface area (Å²) in [5.41, 5.74) is 1.38. The third-order valence-electron chi connectivity index (χ3n) is 2.43. The third-order valence-corrected chi connectivity index (χ3v) is 2.43. The fraction of sp³-hybridized carbons (Fsp3) is 0.0909. The predicted molar refractivity (Wildman–Crippen MR) is 62.2 cm³/mol. The monoisotopic (exact) mass is 243 g/mol. The molecular weight excluding hydrogens is 234 g/mol. The summed E-state index contributed by atoms with van der Waals surface area (Å²) >= 11 is 0. The zero-order valence-electron chi connectivity index (χ0n) is 9.49. The van der Waals surface area contributed by atoms with E-state index in [1.165, 1.54) is 0 Å². The van der Waals surface area contributed by atoms with Crippen LogP contribution in [0.4, 0.5) is 5.69 Å². The molecule has 0 atom stereocenters. The van der Waals surface area contributed by atoms with Gasteiger partial charge in [-0.25, -0.2) is 0 Å². The minimum Gasteiger partial charge on any atom is -0.361 e. The number of nitrogens with zero attached hydrogens (tertiary/aromatic N) is 4. The number of aromatic nitrogens is 4. The van der Waals surface area contributed by atoms with Crippen molar-refractivity contribution >= 4 is 17.2 Å². The van der Waals surface area contributed by atoms with Gasteiger partial charge in [-0.3, -0.25) is 9.20 Å². The van der Waals surface area contributed by atoms with Crippen LogP contribution < -0.4 is 5.32 Å². The average Bonchev–Trinajstić information content (AvgIpc) is 2.97. The first-order valence-electron chi connectivity index (χ1n) is 5.27. The van der Waals surface area contributed by atoms with Crippen LogP contribution >= 0.6 is 0 Å². The first-order valence-corrected chi connectivity index (χ1v) is 5.27. The lowest BCUT2D eigenvalue weighted by atomic mass is 10.3. The van der Waals surface area contributed by atoms with Crippen LogP contribution in [0.15, 0.2) is 35.2 Å². The van der Waals surface area contributed by atoms with Gasteiger partial charge in [0.2, 0.25) is 0 Å². The van der Waals surface area contributed by atoms with Crippen LogP contribution in [0.2, 0.25) is 0 Å². The number of nitrogens with one attached hydrogen (secondary N) is 1. The summed E-state index contributed by atoms with van der Waals surface area (Å²) in [6.07, 6.45) is 3.36. The summed E-state index contributed by atoms with van der Waals surface area (Å²) in [4.78, 5) is 11.9. The Balaban J connectivity index is 1.92. The van der Waals surface area contributed by atoms with Gasteiger partial charge in [0.05, 0.1) is 5.69 Å². The molecule has 3 rings (SSSR count). The van der Waals surface area contributed by atoms with E-state index in [9.17, 15) is 4.79 Å². The highest BCUT2D eigenvalue weighted by molar-refractivity contribution is 6.04. The van der Waals surface area contributed by atoms with E-state index >= 15 is 0 Å². The summed E-state index contributed by atoms with van der Waals surface area (Å²) in [7, 11) is 0. The molecule has 0 aliphatic carbocycles. The smallest absolute Gasteiger partial charge is 0.277 e. The molecule has 0 unspecified atom stereocenters. The van der Waals surface area contributed by atoms with Gasteiger partial charge < -0.3 is 9.84 Å². The van der Waals surface area contributed by atoms with E-state index in [0.29, 0.717) is 17.1 Å². The molecule has 3 aromatic heterocycles. The van der Waals surface area contributed by atoms with Gasteiger partial charge in [-0.1, -0.05) is 5.16 Å². The number of aryl methyl sites for hydroxylation is 1. The summed E-state index contributed by atoms with van der Waals surface area (Å²) in [6.45, 7) is 1.73. The van der Waals surface area contributed by atoms with Crippen LogP contribution in [0.1, 0.15) is 16.2 Å². The van der Waals surface area contributed by atoms with Crippen molar-refractivity contribution in [3.8, 4) is 0 Å². The summed E-state index contributed by atoms with van der Waals surface area (Å²) in [6, 6.07) is 5.11. The maximum atomic E-state index is 11.9. The van der Waals surface area contributed by atoms with Crippen molar-refractivity contribution in [2.75, 3.05) is 5.32 Å². The largest absolute Gasteiger partial charge is 0.361 e. The highest BCUT2D eigenvalue weighted by atomic mass is 16.5. The molecule has 0 saturated heterocycles. The molecule has 0 fully saturated rings. The second-order valence-corrected chi connectivity index (χ2v) is 3.76. The van der Waals surface area contributed by atoms with Crippen LogP contribution in [0.3, 0.4) is 0 Å². The van der Waals surface area contributed by atoms with Gasteiger partial charge in [0.15, 0.2) is 11.3 Å². The Hall–Kier alpha value is -2.70. The van der Waals surface area contributed by atoms with Gasteiger partial charge in [-0.05, 0) is 19.1 Å². The highest BCUT2D eigenvalue weighted by Gasteiger charge is 2.13. The van der Waals surface area contributed by atoms with Gasteiger partial charge in [-0.2, -0.15) is 0 Å². The number of hydrogen-bond acceptors (Lipinski definition) is 5. The minimum absolute atomic E-state index is 0.231. The molecule has 18 heavy (non-hydrogen) atoms. The number of rotatable bonds is 2. The van der Waals surface area contributed by atoms with Gasteiger partial charge in [0.25, 0.3) is 5.91 Å². The number of hydrogen-bond donors (Lipinski definition) is 1. The molecule has 0 radical (unpaired) electrons. The minimum atomic E-state index is -0.344. The van der Waals surface area contributed by atoms with Crippen molar-refractivity contribution in [3.05, 3.63) is 42.2 Å². The Bertz CT molecular complexity index is 715. The Kier molecular flexibility index (Phi) is 2.30. The topological polar surface area (TPSA) is 85.3 Å². The van der Waals surface area contributed by atoms with E-state index in [2.05, 4.69) is 20.7 Å². The molecule has 0 aromatic carbocycles. The first-order chi connectivity index (χ1) is 8.74. The fourth-order valence-electron chi connectivity index (χ4n) is 1.61. The lowest BCUT2D eigenvalue weighted by molar-refractivity contribution is 0.101. The molecular formula is C11H9N5O2. The maximum absolute atomic E-state index is 11.9. The zero-order valence-corrected chi connectivity index (χ0v) is 9.49. The third kappa shape index (κ3) is 1.71. The van der Waals surface area contributed by atoms with Crippen molar-refractivity contribution in [3.63, 3.8) is 0 Å². The SMILES string of the molecule is Cc1cc(C(=O)Nc2cccn3cnnc23)no1. The number of carbonyl (C=O) groups is 1. The molecule has 7 heteroatoms. The molecule has 3 aromatic rings. The van der Waals surface area contributed by atoms with Crippen molar-refractivity contribution in [2.24, 2.45) is 0 Å². The Morgan fingerprint density at radius 1 is 1.50 bits per heavy atom. The molecule has 0 bridgehead atoms. The van der Waals surface area contributed by atoms with E-state index in [0.717, 1.165) is 0 Å². The molecule has 0 saturated carbocycles. The molecule has 90 valence electrons. The molecule has 1 N–H and O–H groups in total. The van der Waals surface area contributed by atoms with E-state index in [-0.39, 0.29) is 11.6 Å². The van der Waals surface area contributed by atoms with Gasteiger partial charge in [0, 0.05) is 12.3 Å². The van der Waals surface area contributed by atoms with Crippen molar-refractivity contribution in [1.29, 1.82) is 0 Å². The van der Waals surface area contributed by atoms with Crippen molar-refractivity contribution in [1.82, 2.24) is 19.8 Å². The van der Waals surface area contributed by atoms with Gasteiger partial charge >= 0.3 is 0 Å². The Morgan fingerprint density at radius 2 is 2.39 bits per heavy atom. The van der Waals surface area contributed by atoms with Crippen molar-refractivity contribution in [2.45, 2.75) is 6.92 Å². The lowest BCUT2D eigenvalue weighted by Gasteiger charge is -2.03. The number of pyridine rings is 1. The first kappa shape index (κ1) is 10.5. The summed E-state index contributed by atoms with van der Waals surface area (Å²) < 4.78 is 6.56. The Labute approximate surface area is 101 Å². The fourth-order valence-corrected chi connectivity index (χ4v) is 1.61. The Morgan fingerprint density at radius 3 is 3.17 bits per heavy atom. The summed E-state index contributed by atoms with van der Waals surface area (Å²) in [5.74, 6) is 0.240. The van der Waals surface area contributed by atoms with Crippen LogP contribution in [-0.4, -0.2) is 25.7 Å². The number of amides is 1. The second kappa shape index (κ2) is 3.95. The molecule has 0 spiro atoms. The number of anilines is 1. The van der Waals surface area contributed by atoms with E-state index in [1.54, 1.807) is 42.0 Å². The normalized spacial score (nSPS) is 10.7. The van der Waals surface area contributed by atoms with Crippen LogP contribution in [-0.2, 0) is 0 Å². The van der Waals surface area contributed by atoms with E-state index < -0.39 is 0 Å². The van der Waals surface area contributed by atoms with Crippen LogP contribution in [0, 0.1) is 6.92 Å². The van der Waals surface area contributed by atoms with Crippen molar-refractivity contribution < 1.29 is 9.32 Å². The number of carbonyl (C=O) groups excluding carboxylic acids is 1. The predicted octanol–water partition coefficient (Wildman–Crippen LogP) is 1.28. The van der Waals surface area contributed by atoms with Gasteiger partial charge in [-0.15, -0.1) is 10.2 Å². The second-order valence-electron chi connectivity index (χ2n) is 3.76. The lowest BCUT2D eigenvalue weighted by Crippen LogP contribution is -2.13. The average molecular weight is 243 g/mol. The standard InChI is InChI=1S/C11H9N5O2/c1-7-5-9(15-18-7)11(17)13-8-3-2-4-16-6-12-14-10(8)16/h2-6H,1H3,(H,13,17).